The van der Waals surface area contributed by atoms with Gasteiger partial charge in [-0.25, -0.2) is 9.97 Å². The van der Waals surface area contributed by atoms with Crippen molar-refractivity contribution in [2.45, 2.75) is 0 Å². The van der Waals surface area contributed by atoms with Gasteiger partial charge in [0.05, 0.1) is 22.2 Å². The highest BCUT2D eigenvalue weighted by molar-refractivity contribution is 6.10. The summed E-state index contributed by atoms with van der Waals surface area (Å²) in [6.07, 6.45) is 0. The highest BCUT2D eigenvalue weighted by Gasteiger charge is 2.21. The van der Waals surface area contributed by atoms with Crippen LogP contribution in [0.3, 0.4) is 0 Å². The summed E-state index contributed by atoms with van der Waals surface area (Å²) in [6, 6.07) is 60.9. The molecule has 0 fully saturated rings. The molecule has 5 heteroatoms. The molecular weight excluding hydrogens is 651 g/mol. The van der Waals surface area contributed by atoms with Crippen LogP contribution >= 0.6 is 0 Å². The van der Waals surface area contributed by atoms with E-state index in [2.05, 4.69) is 132 Å². The van der Waals surface area contributed by atoms with E-state index < -0.39 is 0 Å². The highest BCUT2D eigenvalue weighted by atomic mass is 16.6. The predicted octanol–water partition coefficient (Wildman–Crippen LogP) is 12.8. The molecule has 8 aromatic carbocycles. The molecule has 0 aliphatic carbocycles. The van der Waals surface area contributed by atoms with Crippen LogP contribution in [0.2, 0.25) is 0 Å². The number of nitrogens with zero attached hydrogens (tertiary/aromatic N) is 3. The first-order valence-electron chi connectivity index (χ1n) is 17.7. The molecule has 0 atom stereocenters. The SMILES string of the molecule is c1ccc(-c2nc(-c3cccc(-n4c5ccccc5c5cc(-c6ccc7c(c6)Oc6cc8ccccc8cc6O7)ccc54)c3)nc3ccccc23)cc1. The van der Waals surface area contributed by atoms with Crippen molar-refractivity contribution >= 4 is 43.5 Å². The zero-order chi connectivity index (χ0) is 34.9. The van der Waals surface area contributed by atoms with E-state index >= 15 is 0 Å². The number of ether oxygens (including phenoxy) is 2. The molecule has 1 aliphatic rings. The molecule has 0 radical (unpaired) electrons. The summed E-state index contributed by atoms with van der Waals surface area (Å²) in [6.45, 7) is 0. The van der Waals surface area contributed by atoms with Gasteiger partial charge in [0.2, 0.25) is 0 Å². The molecule has 0 saturated heterocycles. The first-order chi connectivity index (χ1) is 26.2. The van der Waals surface area contributed by atoms with E-state index in [4.69, 9.17) is 19.4 Å². The van der Waals surface area contributed by atoms with Crippen LogP contribution in [0.25, 0.3) is 82.9 Å². The fourth-order valence-electron chi connectivity index (χ4n) is 7.68. The van der Waals surface area contributed by atoms with E-state index in [1.165, 1.54) is 10.8 Å². The lowest BCUT2D eigenvalue weighted by molar-refractivity contribution is 0.360. The fraction of sp³-hybridized carbons (Fsp3) is 0. The minimum Gasteiger partial charge on any atom is -0.449 e. The average molecular weight is 680 g/mol. The molecule has 53 heavy (non-hydrogen) atoms. The first kappa shape index (κ1) is 29.5. The van der Waals surface area contributed by atoms with E-state index in [1.807, 2.05) is 48.5 Å². The van der Waals surface area contributed by atoms with Crippen molar-refractivity contribution in [1.82, 2.24) is 14.5 Å². The van der Waals surface area contributed by atoms with E-state index in [-0.39, 0.29) is 0 Å². The maximum atomic E-state index is 6.43. The third kappa shape index (κ3) is 4.86. The van der Waals surface area contributed by atoms with Gasteiger partial charge < -0.3 is 14.0 Å². The standard InChI is InChI=1S/C48H29N3O2/c1-2-11-30(12-3-1)47-38-18-6-8-19-40(38)49-48(50-47)35-15-10-16-36(25-35)51-41-20-9-7-17-37(41)39-26-33(21-23-42(39)51)34-22-24-43-44(29-34)53-46-28-32-14-5-4-13-31(32)27-45(46)52-43/h1-29H. The van der Waals surface area contributed by atoms with Gasteiger partial charge in [-0.2, -0.15) is 0 Å². The lowest BCUT2D eigenvalue weighted by Crippen LogP contribution is -1.99. The molecule has 0 bridgehead atoms. The quantitative estimate of drug-likeness (QED) is 0.186. The van der Waals surface area contributed by atoms with E-state index in [9.17, 15) is 0 Å². The third-order valence-electron chi connectivity index (χ3n) is 10.2. The number of benzene rings is 8. The fourth-order valence-corrected chi connectivity index (χ4v) is 7.68. The van der Waals surface area contributed by atoms with Gasteiger partial charge in [0, 0.05) is 33.0 Å². The first-order valence-corrected chi connectivity index (χ1v) is 17.7. The van der Waals surface area contributed by atoms with Gasteiger partial charge in [-0.3, -0.25) is 0 Å². The molecule has 10 aromatic rings. The normalized spacial score (nSPS) is 12.1. The van der Waals surface area contributed by atoms with Crippen LogP contribution in [-0.2, 0) is 0 Å². The van der Waals surface area contributed by atoms with E-state index in [1.54, 1.807) is 0 Å². The summed E-state index contributed by atoms with van der Waals surface area (Å²) < 4.78 is 15.1. The Morgan fingerprint density at radius 2 is 1.02 bits per heavy atom. The second-order valence-electron chi connectivity index (χ2n) is 13.4. The van der Waals surface area contributed by atoms with Crippen LogP contribution < -0.4 is 9.47 Å². The molecule has 5 nitrogen and oxygen atoms in total. The zero-order valence-electron chi connectivity index (χ0n) is 28.4. The number of fused-ring (bicyclic) bond motifs is 7. The molecule has 2 aromatic heterocycles. The minimum absolute atomic E-state index is 0.696. The van der Waals surface area contributed by atoms with Gasteiger partial charge in [-0.1, -0.05) is 115 Å². The lowest BCUT2D eigenvalue weighted by atomic mass is 10.0. The molecule has 1 aliphatic heterocycles. The van der Waals surface area contributed by atoms with Crippen molar-refractivity contribution in [3.05, 3.63) is 176 Å². The molecule has 248 valence electrons. The Morgan fingerprint density at radius 3 is 1.87 bits per heavy atom. The Bertz CT molecular complexity index is 3070. The van der Waals surface area contributed by atoms with Gasteiger partial charge in [0.15, 0.2) is 28.8 Å². The van der Waals surface area contributed by atoms with Crippen LogP contribution in [-0.4, -0.2) is 14.5 Å². The molecule has 0 amide bonds. The number of aromatic nitrogens is 3. The molecule has 0 N–H and O–H groups in total. The van der Waals surface area contributed by atoms with Crippen LogP contribution in [0.4, 0.5) is 0 Å². The minimum atomic E-state index is 0.696. The van der Waals surface area contributed by atoms with Gasteiger partial charge in [0.25, 0.3) is 0 Å². The summed E-state index contributed by atoms with van der Waals surface area (Å²) >= 11 is 0. The van der Waals surface area contributed by atoms with Gasteiger partial charge >= 0.3 is 0 Å². The molecule has 0 spiro atoms. The summed E-state index contributed by atoms with van der Waals surface area (Å²) in [4.78, 5) is 10.2. The summed E-state index contributed by atoms with van der Waals surface area (Å²) in [5, 5.41) is 5.62. The Morgan fingerprint density at radius 1 is 0.377 bits per heavy atom. The second kappa shape index (κ2) is 11.7. The Labute approximate surface area is 305 Å². The monoisotopic (exact) mass is 679 g/mol. The summed E-state index contributed by atoms with van der Waals surface area (Å²) in [5.74, 6) is 3.56. The molecule has 3 heterocycles. The van der Waals surface area contributed by atoms with Crippen molar-refractivity contribution < 1.29 is 9.47 Å². The predicted molar refractivity (Wildman–Crippen MR) is 214 cm³/mol. The largest absolute Gasteiger partial charge is 0.449 e. The number of hydrogen-bond donors (Lipinski definition) is 0. The van der Waals surface area contributed by atoms with Crippen molar-refractivity contribution in [2.75, 3.05) is 0 Å². The average Bonchev–Trinajstić information content (AvgIpc) is 3.55. The molecule has 0 saturated carbocycles. The molecular formula is C48H29N3O2. The van der Waals surface area contributed by atoms with E-state index in [0.29, 0.717) is 17.3 Å². The van der Waals surface area contributed by atoms with Gasteiger partial charge in [-0.15, -0.1) is 0 Å². The Kier molecular flexibility index (Phi) is 6.48. The molecule has 0 unspecified atom stereocenters. The third-order valence-corrected chi connectivity index (χ3v) is 10.2. The van der Waals surface area contributed by atoms with Crippen LogP contribution in [0.5, 0.6) is 23.0 Å². The maximum Gasteiger partial charge on any atom is 0.170 e. The Hall–Kier alpha value is -7.24. The number of rotatable bonds is 4. The van der Waals surface area contributed by atoms with Gasteiger partial charge in [0.1, 0.15) is 0 Å². The summed E-state index contributed by atoms with van der Waals surface area (Å²) in [5.41, 5.74) is 9.33. The second-order valence-corrected chi connectivity index (χ2v) is 13.4. The van der Waals surface area contributed by atoms with Crippen molar-refractivity contribution in [3.8, 4) is 62.5 Å². The topological polar surface area (TPSA) is 49.2 Å². The summed E-state index contributed by atoms with van der Waals surface area (Å²) in [7, 11) is 0. The number of para-hydroxylation sites is 2. The van der Waals surface area contributed by atoms with Crippen LogP contribution in [0.1, 0.15) is 0 Å². The van der Waals surface area contributed by atoms with Gasteiger partial charge in [-0.05, 0) is 82.6 Å². The van der Waals surface area contributed by atoms with Crippen LogP contribution in [0, 0.1) is 0 Å². The van der Waals surface area contributed by atoms with Crippen molar-refractivity contribution in [3.63, 3.8) is 0 Å². The Balaban J connectivity index is 1.00. The number of hydrogen-bond acceptors (Lipinski definition) is 4. The van der Waals surface area contributed by atoms with E-state index in [0.717, 1.165) is 77.8 Å². The maximum absolute atomic E-state index is 6.43. The highest BCUT2D eigenvalue weighted by Crippen LogP contribution is 2.48. The lowest BCUT2D eigenvalue weighted by Gasteiger charge is -2.22. The van der Waals surface area contributed by atoms with Crippen molar-refractivity contribution in [2.24, 2.45) is 0 Å². The van der Waals surface area contributed by atoms with Crippen LogP contribution in [0.15, 0.2) is 176 Å². The molecule has 11 rings (SSSR count). The zero-order valence-corrected chi connectivity index (χ0v) is 28.4. The smallest absolute Gasteiger partial charge is 0.170 e. The van der Waals surface area contributed by atoms with Crippen molar-refractivity contribution in [1.29, 1.82) is 0 Å².